The van der Waals surface area contributed by atoms with Gasteiger partial charge in [0.05, 0.1) is 6.61 Å². The fourth-order valence-electron chi connectivity index (χ4n) is 3.63. The lowest BCUT2D eigenvalue weighted by Gasteiger charge is -2.05. The highest BCUT2D eigenvalue weighted by molar-refractivity contribution is 7.46. The highest BCUT2D eigenvalue weighted by atomic mass is 31.2. The van der Waals surface area contributed by atoms with Gasteiger partial charge in [-0.2, -0.15) is 0 Å². The zero-order valence-electron chi connectivity index (χ0n) is 18.9. The number of Topliss-reactive ketones (excluding diaryl/α,β-unsaturated/α-hetero) is 1. The quantitative estimate of drug-likeness (QED) is 0.129. The molecule has 5 nitrogen and oxygen atoms in total. The molecule has 0 rings (SSSR count). The summed E-state index contributed by atoms with van der Waals surface area (Å²) in [6.45, 7) is 2.08. The van der Waals surface area contributed by atoms with E-state index in [2.05, 4.69) is 11.4 Å². The van der Waals surface area contributed by atoms with Crippen LogP contribution in [0, 0.1) is 0 Å². The molecule has 0 radical (unpaired) electrons. The molecule has 0 aliphatic carbocycles. The molecule has 174 valence electrons. The van der Waals surface area contributed by atoms with Crippen LogP contribution in [-0.4, -0.2) is 22.2 Å². The van der Waals surface area contributed by atoms with Crippen LogP contribution in [0.5, 0.6) is 0 Å². The van der Waals surface area contributed by atoms with Crippen molar-refractivity contribution in [3.63, 3.8) is 0 Å². The van der Waals surface area contributed by atoms with Crippen molar-refractivity contribution in [2.45, 2.75) is 135 Å². The molecule has 0 amide bonds. The van der Waals surface area contributed by atoms with E-state index in [0.29, 0.717) is 6.42 Å². The van der Waals surface area contributed by atoms with Gasteiger partial charge in [0.2, 0.25) is 0 Å². The molecule has 0 heterocycles. The second kappa shape index (κ2) is 21.0. The molecule has 0 aliphatic rings. The minimum atomic E-state index is -4.44. The average Bonchev–Trinajstić information content (AvgIpc) is 2.66. The summed E-state index contributed by atoms with van der Waals surface area (Å²) in [7, 11) is -4.44. The predicted molar refractivity (Wildman–Crippen MR) is 121 cm³/mol. The summed E-state index contributed by atoms with van der Waals surface area (Å²) in [6.07, 6.45) is 24.4. The standard InChI is InChI=1S/C23H47O5P/c1-2-3-4-5-6-7-8-9-10-11-12-13-14-15-16-17-18-19-20-23(24)21-22-28-29(25,26)27/h2-22H2,1H3,(H2,25,26,27). The third kappa shape index (κ3) is 25.7. The summed E-state index contributed by atoms with van der Waals surface area (Å²) < 4.78 is 14.8. The van der Waals surface area contributed by atoms with E-state index in [1.165, 1.54) is 103 Å². The van der Waals surface area contributed by atoms with Gasteiger partial charge >= 0.3 is 7.82 Å². The Kier molecular flexibility index (Phi) is 20.9. The molecule has 0 aromatic heterocycles. The van der Waals surface area contributed by atoms with Gasteiger partial charge in [-0.25, -0.2) is 4.57 Å². The van der Waals surface area contributed by atoms with Gasteiger partial charge in [-0.3, -0.25) is 9.32 Å². The summed E-state index contributed by atoms with van der Waals surface area (Å²) in [5.74, 6) is 0.0231. The molecule has 0 aromatic rings. The topological polar surface area (TPSA) is 83.8 Å². The smallest absolute Gasteiger partial charge is 0.303 e. The van der Waals surface area contributed by atoms with Gasteiger partial charge < -0.3 is 9.79 Å². The number of ketones is 1. The van der Waals surface area contributed by atoms with E-state index in [-0.39, 0.29) is 18.8 Å². The largest absolute Gasteiger partial charge is 0.469 e. The SMILES string of the molecule is CCCCCCCCCCCCCCCCCCCCC(=O)CCOP(=O)(O)O. The average molecular weight is 435 g/mol. The first-order valence-electron chi connectivity index (χ1n) is 12.2. The molecule has 0 atom stereocenters. The maximum atomic E-state index is 11.6. The van der Waals surface area contributed by atoms with Crippen molar-refractivity contribution in [1.29, 1.82) is 0 Å². The fraction of sp³-hybridized carbons (Fsp3) is 0.957. The normalized spacial score (nSPS) is 11.8. The summed E-state index contributed by atoms with van der Waals surface area (Å²) in [5, 5.41) is 0. The maximum Gasteiger partial charge on any atom is 0.469 e. The van der Waals surface area contributed by atoms with E-state index in [9.17, 15) is 9.36 Å². The van der Waals surface area contributed by atoms with Gasteiger partial charge in [0, 0.05) is 12.8 Å². The van der Waals surface area contributed by atoms with Crippen LogP contribution in [0.1, 0.15) is 135 Å². The molecule has 0 fully saturated rings. The Balaban J connectivity index is 3.15. The lowest BCUT2D eigenvalue weighted by Crippen LogP contribution is -2.03. The van der Waals surface area contributed by atoms with E-state index in [1.807, 2.05) is 0 Å². The molecule has 0 saturated carbocycles. The first kappa shape index (κ1) is 28.8. The van der Waals surface area contributed by atoms with Crippen LogP contribution in [0.15, 0.2) is 0 Å². The number of carbonyl (C=O) groups excluding carboxylic acids is 1. The molecular weight excluding hydrogens is 387 g/mol. The Morgan fingerprint density at radius 3 is 1.31 bits per heavy atom. The Hall–Kier alpha value is -0.220. The van der Waals surface area contributed by atoms with Crippen LogP contribution >= 0.6 is 7.82 Å². The highest BCUT2D eigenvalue weighted by Crippen LogP contribution is 2.35. The van der Waals surface area contributed by atoms with Gasteiger partial charge in [-0.05, 0) is 6.42 Å². The van der Waals surface area contributed by atoms with Gasteiger partial charge in [-0.1, -0.05) is 116 Å². The minimum Gasteiger partial charge on any atom is -0.303 e. The van der Waals surface area contributed by atoms with Gasteiger partial charge in [0.15, 0.2) is 0 Å². The van der Waals surface area contributed by atoms with E-state index in [0.717, 1.165) is 12.8 Å². The van der Waals surface area contributed by atoms with Crippen molar-refractivity contribution in [3.8, 4) is 0 Å². The number of hydrogen-bond donors (Lipinski definition) is 2. The van der Waals surface area contributed by atoms with Gasteiger partial charge in [0.25, 0.3) is 0 Å². The van der Waals surface area contributed by atoms with E-state index < -0.39 is 7.82 Å². The lowest BCUT2D eigenvalue weighted by atomic mass is 10.0. The van der Waals surface area contributed by atoms with Crippen LogP contribution < -0.4 is 0 Å². The zero-order chi connectivity index (χ0) is 21.6. The van der Waals surface area contributed by atoms with Crippen LogP contribution in [0.25, 0.3) is 0 Å². The van der Waals surface area contributed by atoms with Crippen molar-refractivity contribution in [1.82, 2.24) is 0 Å². The third-order valence-corrected chi connectivity index (χ3v) is 5.97. The number of rotatable bonds is 23. The van der Waals surface area contributed by atoms with Crippen molar-refractivity contribution in [2.75, 3.05) is 6.61 Å². The molecule has 0 aromatic carbocycles. The second-order valence-electron chi connectivity index (χ2n) is 8.37. The van der Waals surface area contributed by atoms with E-state index >= 15 is 0 Å². The summed E-state index contributed by atoms with van der Waals surface area (Å²) in [5.41, 5.74) is 0. The summed E-state index contributed by atoms with van der Waals surface area (Å²) >= 11 is 0. The maximum absolute atomic E-state index is 11.6. The molecule has 29 heavy (non-hydrogen) atoms. The van der Waals surface area contributed by atoms with Crippen LogP contribution in [0.2, 0.25) is 0 Å². The zero-order valence-corrected chi connectivity index (χ0v) is 19.8. The van der Waals surface area contributed by atoms with Crippen LogP contribution in [0.4, 0.5) is 0 Å². The van der Waals surface area contributed by atoms with Crippen molar-refractivity contribution in [3.05, 3.63) is 0 Å². The van der Waals surface area contributed by atoms with E-state index in [4.69, 9.17) is 9.79 Å². The molecule has 0 spiro atoms. The summed E-state index contributed by atoms with van der Waals surface area (Å²) in [6, 6.07) is 0. The Morgan fingerprint density at radius 1 is 0.621 bits per heavy atom. The monoisotopic (exact) mass is 434 g/mol. The summed E-state index contributed by atoms with van der Waals surface area (Å²) in [4.78, 5) is 28.7. The fourth-order valence-corrected chi connectivity index (χ4v) is 3.96. The molecule has 0 saturated heterocycles. The molecule has 0 aliphatic heterocycles. The number of unbranched alkanes of at least 4 members (excludes halogenated alkanes) is 17. The van der Waals surface area contributed by atoms with Crippen molar-refractivity contribution >= 4 is 13.6 Å². The third-order valence-electron chi connectivity index (χ3n) is 5.45. The van der Waals surface area contributed by atoms with Gasteiger partial charge in [-0.15, -0.1) is 0 Å². The Bertz CT molecular complexity index is 408. The molecule has 6 heteroatoms. The van der Waals surface area contributed by atoms with Crippen LogP contribution in [0.3, 0.4) is 0 Å². The van der Waals surface area contributed by atoms with E-state index in [1.54, 1.807) is 0 Å². The number of phosphoric acid groups is 1. The number of carbonyl (C=O) groups is 1. The van der Waals surface area contributed by atoms with Crippen LogP contribution in [-0.2, 0) is 13.9 Å². The number of phosphoric ester groups is 1. The molecule has 2 N–H and O–H groups in total. The Morgan fingerprint density at radius 2 is 0.966 bits per heavy atom. The van der Waals surface area contributed by atoms with Crippen molar-refractivity contribution in [2.24, 2.45) is 0 Å². The molecule has 0 bridgehead atoms. The predicted octanol–water partition coefficient (Wildman–Crippen LogP) is 7.49. The molecular formula is C23H47O5P. The molecule has 0 unspecified atom stereocenters. The highest BCUT2D eigenvalue weighted by Gasteiger charge is 2.14. The second-order valence-corrected chi connectivity index (χ2v) is 9.61. The lowest BCUT2D eigenvalue weighted by molar-refractivity contribution is -0.119. The first-order valence-corrected chi connectivity index (χ1v) is 13.7. The van der Waals surface area contributed by atoms with Crippen molar-refractivity contribution < 1.29 is 23.7 Å². The first-order chi connectivity index (χ1) is 14.0. The Labute approximate surface area is 179 Å². The number of hydrogen-bond acceptors (Lipinski definition) is 3. The van der Waals surface area contributed by atoms with Gasteiger partial charge in [0.1, 0.15) is 5.78 Å². The minimum absolute atomic E-state index is 0.0231.